The molecule has 0 unspecified atom stereocenters. The van der Waals surface area contributed by atoms with Crippen molar-refractivity contribution in [1.82, 2.24) is 0 Å². The highest BCUT2D eigenvalue weighted by Crippen LogP contribution is 2.19. The molecule has 0 bridgehead atoms. The van der Waals surface area contributed by atoms with E-state index in [0.717, 1.165) is 11.1 Å². The molecule has 0 N–H and O–H groups in total. The predicted molar refractivity (Wildman–Crippen MR) is 67.8 cm³/mol. The molecule has 78 valence electrons. The Hall–Kier alpha value is -0.283. The maximum Gasteiger partial charge on any atom is 0.245 e. The Labute approximate surface area is 95.7 Å². The molecule has 3 heteroatoms. The summed E-state index contributed by atoms with van der Waals surface area (Å²) < 4.78 is 6.02. The van der Waals surface area contributed by atoms with Gasteiger partial charge < -0.3 is 4.43 Å². The van der Waals surface area contributed by atoms with Crippen molar-refractivity contribution < 1.29 is 4.43 Å². The summed E-state index contributed by atoms with van der Waals surface area (Å²) >= 11 is 3.45. The summed E-state index contributed by atoms with van der Waals surface area (Å²) in [6.45, 7) is 4.53. The van der Waals surface area contributed by atoms with Crippen LogP contribution in [0.1, 0.15) is 6.42 Å². The molecule has 0 saturated heterocycles. The smallest absolute Gasteiger partial charge is 0.245 e. The number of halogens is 1. The molecule has 0 aliphatic rings. The highest BCUT2D eigenvalue weighted by molar-refractivity contribution is 9.09. The Morgan fingerprint density at radius 2 is 1.86 bits per heavy atom. The van der Waals surface area contributed by atoms with Crippen LogP contribution in [0.15, 0.2) is 30.3 Å². The molecule has 0 spiro atoms. The first kappa shape index (κ1) is 11.8. The zero-order valence-corrected chi connectivity index (χ0v) is 11.4. The van der Waals surface area contributed by atoms with Crippen LogP contribution in [-0.4, -0.2) is 13.6 Å². The van der Waals surface area contributed by atoms with Crippen LogP contribution in [0.3, 0.4) is 0 Å². The Kier molecular flexibility index (Phi) is 4.68. The van der Waals surface area contributed by atoms with E-state index in [0.29, 0.717) is 0 Å². The van der Waals surface area contributed by atoms with Crippen LogP contribution in [0.2, 0.25) is 19.1 Å². The number of alkyl halides is 1. The minimum Gasteiger partial charge on any atom is -0.544 e. The van der Waals surface area contributed by atoms with Crippen LogP contribution in [-0.2, 0) is 0 Å². The van der Waals surface area contributed by atoms with Crippen molar-refractivity contribution in [1.29, 1.82) is 0 Å². The lowest BCUT2D eigenvalue weighted by Crippen LogP contribution is -2.33. The second-order valence-electron chi connectivity index (χ2n) is 3.97. The molecule has 0 amide bonds. The lowest BCUT2D eigenvalue weighted by atomic mass is 10.3. The molecule has 0 heterocycles. The zero-order chi connectivity index (χ0) is 10.4. The fourth-order valence-electron chi connectivity index (χ4n) is 1.35. The van der Waals surface area contributed by atoms with Crippen molar-refractivity contribution in [2.24, 2.45) is 0 Å². The largest absolute Gasteiger partial charge is 0.544 e. The van der Waals surface area contributed by atoms with Gasteiger partial charge in [-0.2, -0.15) is 0 Å². The van der Waals surface area contributed by atoms with E-state index in [9.17, 15) is 0 Å². The van der Waals surface area contributed by atoms with Gasteiger partial charge in [0.15, 0.2) is 0 Å². The predicted octanol–water partition coefficient (Wildman–Crippen LogP) is 4.06. The van der Waals surface area contributed by atoms with Crippen LogP contribution in [0, 0.1) is 0 Å². The molecular formula is C11H17BrOSi. The molecule has 0 aromatic heterocycles. The molecule has 0 atom stereocenters. The quantitative estimate of drug-likeness (QED) is 0.580. The average molecular weight is 273 g/mol. The third-order valence-corrected chi connectivity index (χ3v) is 4.96. The van der Waals surface area contributed by atoms with E-state index in [1.165, 1.54) is 12.5 Å². The van der Waals surface area contributed by atoms with Crippen LogP contribution in [0.25, 0.3) is 0 Å². The molecule has 1 nitrogen and oxygen atoms in total. The van der Waals surface area contributed by atoms with E-state index < -0.39 is 8.32 Å². The van der Waals surface area contributed by atoms with E-state index in [1.807, 2.05) is 30.3 Å². The molecule has 1 aromatic rings. The van der Waals surface area contributed by atoms with Crippen molar-refractivity contribution in [2.75, 3.05) is 5.33 Å². The van der Waals surface area contributed by atoms with Gasteiger partial charge in [0, 0.05) is 5.33 Å². The number of benzene rings is 1. The average Bonchev–Trinajstić information content (AvgIpc) is 2.16. The Bertz CT molecular complexity index is 261. The summed E-state index contributed by atoms with van der Waals surface area (Å²) in [6.07, 6.45) is 1.20. The summed E-state index contributed by atoms with van der Waals surface area (Å²) in [7, 11) is -1.50. The number of hydrogen-bond donors (Lipinski definition) is 0. The van der Waals surface area contributed by atoms with Gasteiger partial charge in [-0.1, -0.05) is 34.1 Å². The van der Waals surface area contributed by atoms with Gasteiger partial charge in [0.1, 0.15) is 5.75 Å². The molecule has 0 fully saturated rings. The van der Waals surface area contributed by atoms with E-state index in [4.69, 9.17) is 4.43 Å². The molecule has 0 saturated carbocycles. The zero-order valence-electron chi connectivity index (χ0n) is 8.79. The third-order valence-electron chi connectivity index (χ3n) is 2.05. The van der Waals surface area contributed by atoms with Gasteiger partial charge in [0.2, 0.25) is 8.32 Å². The minimum atomic E-state index is -1.50. The van der Waals surface area contributed by atoms with Crippen molar-refractivity contribution in [3.8, 4) is 5.75 Å². The summed E-state index contributed by atoms with van der Waals surface area (Å²) in [6, 6.07) is 11.3. The first-order chi connectivity index (χ1) is 6.64. The van der Waals surface area contributed by atoms with Crippen molar-refractivity contribution in [2.45, 2.75) is 25.6 Å². The highest BCUT2D eigenvalue weighted by atomic mass is 79.9. The second-order valence-corrected chi connectivity index (χ2v) is 8.98. The van der Waals surface area contributed by atoms with Gasteiger partial charge in [0.05, 0.1) is 0 Å². The Balaban J connectivity index is 2.50. The fourth-order valence-corrected chi connectivity index (χ4v) is 4.05. The Morgan fingerprint density at radius 1 is 1.21 bits per heavy atom. The fraction of sp³-hybridized carbons (Fsp3) is 0.455. The van der Waals surface area contributed by atoms with Crippen LogP contribution in [0.5, 0.6) is 5.75 Å². The lowest BCUT2D eigenvalue weighted by molar-refractivity contribution is 0.545. The summed E-state index contributed by atoms with van der Waals surface area (Å²) in [5.74, 6) is 1.01. The minimum absolute atomic E-state index is 1.01. The molecular weight excluding hydrogens is 256 g/mol. The molecule has 14 heavy (non-hydrogen) atoms. The highest BCUT2D eigenvalue weighted by Gasteiger charge is 2.23. The summed E-state index contributed by atoms with van der Waals surface area (Å²) in [4.78, 5) is 0. The van der Waals surface area contributed by atoms with Gasteiger partial charge in [-0.3, -0.25) is 0 Å². The SMILES string of the molecule is C[Si](C)(CCCBr)Oc1ccccc1. The van der Waals surface area contributed by atoms with Crippen molar-refractivity contribution >= 4 is 24.2 Å². The monoisotopic (exact) mass is 272 g/mol. The number of rotatable bonds is 5. The van der Waals surface area contributed by atoms with Crippen molar-refractivity contribution in [3.63, 3.8) is 0 Å². The van der Waals surface area contributed by atoms with Crippen molar-refractivity contribution in [3.05, 3.63) is 30.3 Å². The third kappa shape index (κ3) is 4.29. The first-order valence-electron chi connectivity index (χ1n) is 4.94. The van der Waals surface area contributed by atoms with Gasteiger partial charge in [-0.15, -0.1) is 0 Å². The summed E-state index contributed by atoms with van der Waals surface area (Å²) in [5.41, 5.74) is 0. The lowest BCUT2D eigenvalue weighted by Gasteiger charge is -2.23. The second kappa shape index (κ2) is 5.56. The molecule has 0 aliphatic carbocycles. The standard InChI is InChI=1S/C11H17BrOSi/c1-14(2,10-6-9-12)13-11-7-4-3-5-8-11/h3-5,7-8H,6,9-10H2,1-2H3. The molecule has 1 rings (SSSR count). The van der Waals surface area contributed by atoms with Crippen LogP contribution >= 0.6 is 15.9 Å². The van der Waals surface area contributed by atoms with Crippen LogP contribution < -0.4 is 4.43 Å². The number of para-hydroxylation sites is 1. The maximum absolute atomic E-state index is 6.02. The summed E-state index contributed by atoms with van der Waals surface area (Å²) in [5, 5.41) is 1.07. The Morgan fingerprint density at radius 3 is 2.43 bits per heavy atom. The maximum atomic E-state index is 6.02. The first-order valence-corrected chi connectivity index (χ1v) is 9.18. The van der Waals surface area contributed by atoms with Gasteiger partial charge in [-0.05, 0) is 37.7 Å². The molecule has 1 aromatic carbocycles. The van der Waals surface area contributed by atoms with E-state index >= 15 is 0 Å². The topological polar surface area (TPSA) is 9.23 Å². The van der Waals surface area contributed by atoms with Gasteiger partial charge in [0.25, 0.3) is 0 Å². The molecule has 0 radical (unpaired) electrons. The normalized spacial score (nSPS) is 11.4. The van der Waals surface area contributed by atoms with E-state index in [2.05, 4.69) is 29.0 Å². The number of hydrogen-bond acceptors (Lipinski definition) is 1. The van der Waals surface area contributed by atoms with E-state index in [-0.39, 0.29) is 0 Å². The van der Waals surface area contributed by atoms with Gasteiger partial charge >= 0.3 is 0 Å². The van der Waals surface area contributed by atoms with Gasteiger partial charge in [-0.25, -0.2) is 0 Å². The van der Waals surface area contributed by atoms with Crippen LogP contribution in [0.4, 0.5) is 0 Å². The van der Waals surface area contributed by atoms with E-state index in [1.54, 1.807) is 0 Å². The molecule has 0 aliphatic heterocycles.